The Kier molecular flexibility index (Phi) is 4.97. The highest BCUT2D eigenvalue weighted by Crippen LogP contribution is 2.24. The minimum Gasteiger partial charge on any atom is -0.378 e. The number of aromatic nitrogens is 3. The van der Waals surface area contributed by atoms with Gasteiger partial charge in [0.05, 0.1) is 30.6 Å². The van der Waals surface area contributed by atoms with Crippen LogP contribution in [0.3, 0.4) is 0 Å². The number of carbonyl (C=O) groups is 1. The van der Waals surface area contributed by atoms with Crippen LogP contribution >= 0.6 is 0 Å². The fourth-order valence-electron chi connectivity index (χ4n) is 3.72. The van der Waals surface area contributed by atoms with Gasteiger partial charge in [0, 0.05) is 35.6 Å². The zero-order chi connectivity index (χ0) is 21.2. The number of anilines is 3. The number of hydrogen-bond donors (Lipinski definition) is 2. The van der Waals surface area contributed by atoms with Crippen molar-refractivity contribution in [2.75, 3.05) is 36.5 Å². The van der Waals surface area contributed by atoms with E-state index in [2.05, 4.69) is 32.4 Å². The summed E-state index contributed by atoms with van der Waals surface area (Å²) in [5.74, 6) is 0.0235. The van der Waals surface area contributed by atoms with Gasteiger partial charge in [-0.05, 0) is 48.5 Å². The molecule has 1 aliphatic heterocycles. The third kappa shape index (κ3) is 3.93. The summed E-state index contributed by atoms with van der Waals surface area (Å²) in [5, 5.41) is 7.91. The summed E-state index contributed by atoms with van der Waals surface area (Å²) in [5.41, 5.74) is 10.5. The largest absolute Gasteiger partial charge is 0.378 e. The minimum absolute atomic E-state index is 0.458. The number of fused-ring (bicyclic) bond motifs is 1. The third-order valence-corrected chi connectivity index (χ3v) is 5.34. The lowest BCUT2D eigenvalue weighted by Crippen LogP contribution is -2.36. The molecule has 0 radical (unpaired) electrons. The van der Waals surface area contributed by atoms with E-state index in [4.69, 9.17) is 10.5 Å². The summed E-state index contributed by atoms with van der Waals surface area (Å²) in [4.78, 5) is 18.3. The monoisotopic (exact) mass is 414 g/mol. The molecule has 2 aromatic heterocycles. The van der Waals surface area contributed by atoms with Crippen molar-refractivity contribution in [3.63, 3.8) is 0 Å². The van der Waals surface area contributed by atoms with E-state index in [1.165, 1.54) is 5.69 Å². The summed E-state index contributed by atoms with van der Waals surface area (Å²) in [6.07, 6.45) is 1.76. The molecule has 5 rings (SSSR count). The van der Waals surface area contributed by atoms with Gasteiger partial charge < -0.3 is 20.7 Å². The third-order valence-electron chi connectivity index (χ3n) is 5.34. The number of primary amides is 1. The Balaban J connectivity index is 1.40. The number of nitrogens with one attached hydrogen (secondary N) is 1. The van der Waals surface area contributed by atoms with Gasteiger partial charge in [0.2, 0.25) is 11.9 Å². The number of ether oxygens (including phenoxy) is 1. The minimum atomic E-state index is -0.458. The van der Waals surface area contributed by atoms with Gasteiger partial charge in [-0.1, -0.05) is 12.1 Å². The molecule has 8 heteroatoms. The van der Waals surface area contributed by atoms with Crippen molar-refractivity contribution in [1.29, 1.82) is 0 Å². The van der Waals surface area contributed by atoms with Crippen LogP contribution in [0, 0.1) is 0 Å². The van der Waals surface area contributed by atoms with Crippen molar-refractivity contribution in [2.45, 2.75) is 0 Å². The Morgan fingerprint density at radius 2 is 1.84 bits per heavy atom. The van der Waals surface area contributed by atoms with Crippen LogP contribution in [-0.4, -0.2) is 46.8 Å². The van der Waals surface area contributed by atoms with Gasteiger partial charge in [-0.25, -0.2) is 9.50 Å². The molecule has 0 atom stereocenters. The van der Waals surface area contributed by atoms with Gasteiger partial charge in [0.1, 0.15) is 0 Å². The first-order valence-corrected chi connectivity index (χ1v) is 10.1. The molecule has 1 amide bonds. The quantitative estimate of drug-likeness (QED) is 0.521. The average Bonchev–Trinajstić information content (AvgIpc) is 3.23. The average molecular weight is 414 g/mol. The predicted molar refractivity (Wildman–Crippen MR) is 120 cm³/mol. The molecular weight excluding hydrogens is 392 g/mol. The number of amides is 1. The zero-order valence-electron chi connectivity index (χ0n) is 16.9. The lowest BCUT2D eigenvalue weighted by atomic mass is 10.1. The molecule has 0 bridgehead atoms. The smallest absolute Gasteiger partial charge is 0.248 e. The molecule has 0 saturated carbocycles. The maximum absolute atomic E-state index is 11.5. The van der Waals surface area contributed by atoms with Gasteiger partial charge in [-0.15, -0.1) is 5.10 Å². The van der Waals surface area contributed by atoms with E-state index in [-0.39, 0.29) is 0 Å². The zero-order valence-corrected chi connectivity index (χ0v) is 16.9. The Bertz CT molecular complexity index is 1230. The highest BCUT2D eigenvalue weighted by molar-refractivity contribution is 5.94. The number of carbonyl (C=O) groups excluding carboxylic acids is 1. The van der Waals surface area contributed by atoms with E-state index in [0.717, 1.165) is 48.8 Å². The van der Waals surface area contributed by atoms with Crippen LogP contribution in [-0.2, 0) is 4.74 Å². The molecule has 1 aliphatic rings. The van der Waals surface area contributed by atoms with Gasteiger partial charge in [-0.2, -0.15) is 0 Å². The topological polar surface area (TPSA) is 97.8 Å². The van der Waals surface area contributed by atoms with E-state index < -0.39 is 5.91 Å². The maximum atomic E-state index is 11.5. The molecule has 0 aliphatic carbocycles. The molecule has 0 spiro atoms. The van der Waals surface area contributed by atoms with Crippen LogP contribution < -0.4 is 16.0 Å². The molecule has 31 heavy (non-hydrogen) atoms. The van der Waals surface area contributed by atoms with Gasteiger partial charge in [0.25, 0.3) is 0 Å². The van der Waals surface area contributed by atoms with Crippen molar-refractivity contribution in [2.24, 2.45) is 5.73 Å². The van der Waals surface area contributed by atoms with Gasteiger partial charge in [-0.3, -0.25) is 4.79 Å². The Hall–Kier alpha value is -3.91. The molecule has 2 aromatic carbocycles. The summed E-state index contributed by atoms with van der Waals surface area (Å²) in [6.45, 7) is 3.32. The van der Waals surface area contributed by atoms with E-state index in [0.29, 0.717) is 11.5 Å². The van der Waals surface area contributed by atoms with E-state index in [1.807, 2.05) is 36.4 Å². The van der Waals surface area contributed by atoms with Crippen LogP contribution in [0.4, 0.5) is 17.3 Å². The number of nitrogens with two attached hydrogens (primary N) is 1. The number of benzene rings is 2. The summed E-state index contributed by atoms with van der Waals surface area (Å²) in [7, 11) is 0. The van der Waals surface area contributed by atoms with Gasteiger partial charge in [0.15, 0.2) is 0 Å². The number of nitrogens with zero attached hydrogens (tertiary/aromatic N) is 4. The second-order valence-electron chi connectivity index (χ2n) is 7.35. The van der Waals surface area contributed by atoms with Crippen molar-refractivity contribution < 1.29 is 9.53 Å². The SMILES string of the molecule is NC(=O)c1cccc(-c2ccc3cnc(Nc4ccc(N5CCOCC5)cc4)nn23)c1. The second-order valence-corrected chi connectivity index (χ2v) is 7.35. The Morgan fingerprint density at radius 1 is 1.03 bits per heavy atom. The number of morpholine rings is 1. The van der Waals surface area contributed by atoms with Crippen molar-refractivity contribution in [1.82, 2.24) is 14.6 Å². The highest BCUT2D eigenvalue weighted by Gasteiger charge is 2.12. The molecule has 1 fully saturated rings. The first-order valence-electron chi connectivity index (χ1n) is 10.1. The van der Waals surface area contributed by atoms with Crippen LogP contribution in [0.1, 0.15) is 10.4 Å². The van der Waals surface area contributed by atoms with Crippen molar-refractivity contribution >= 4 is 28.7 Å². The lowest BCUT2D eigenvalue weighted by molar-refractivity contribution is 0.100. The van der Waals surface area contributed by atoms with E-state index >= 15 is 0 Å². The molecule has 3 heterocycles. The molecule has 3 N–H and O–H groups in total. The van der Waals surface area contributed by atoms with Gasteiger partial charge >= 0.3 is 0 Å². The van der Waals surface area contributed by atoms with Crippen molar-refractivity contribution in [3.05, 3.63) is 72.4 Å². The summed E-state index contributed by atoms with van der Waals surface area (Å²) < 4.78 is 7.22. The molecular formula is C23H22N6O2. The van der Waals surface area contributed by atoms with Crippen molar-refractivity contribution in [3.8, 4) is 11.3 Å². The van der Waals surface area contributed by atoms with Crippen LogP contribution in [0.2, 0.25) is 0 Å². The highest BCUT2D eigenvalue weighted by atomic mass is 16.5. The standard InChI is InChI=1S/C23H22N6O2/c24-22(30)17-3-1-2-16(14-17)21-9-8-20-15-25-23(27-29(20)21)26-18-4-6-19(7-5-18)28-10-12-31-13-11-28/h1-9,14-15H,10-13H2,(H2,24,30)(H,26,27). The predicted octanol–water partition coefficient (Wildman–Crippen LogP) is 3.08. The molecule has 0 unspecified atom stereocenters. The maximum Gasteiger partial charge on any atom is 0.248 e. The first kappa shape index (κ1) is 19.1. The molecule has 156 valence electrons. The first-order chi connectivity index (χ1) is 15.2. The summed E-state index contributed by atoms with van der Waals surface area (Å²) in [6, 6.07) is 19.3. The Morgan fingerprint density at radius 3 is 2.61 bits per heavy atom. The van der Waals surface area contributed by atoms with Crippen LogP contribution in [0.25, 0.3) is 16.8 Å². The van der Waals surface area contributed by atoms with E-state index in [1.54, 1.807) is 22.8 Å². The Labute approximate surface area is 179 Å². The molecule has 4 aromatic rings. The normalized spacial score (nSPS) is 14.0. The second kappa shape index (κ2) is 8.08. The van der Waals surface area contributed by atoms with Crippen LogP contribution in [0.15, 0.2) is 66.9 Å². The molecule has 1 saturated heterocycles. The molecule has 8 nitrogen and oxygen atoms in total. The fourth-order valence-corrected chi connectivity index (χ4v) is 3.72. The fraction of sp³-hybridized carbons (Fsp3) is 0.174. The van der Waals surface area contributed by atoms with Crippen LogP contribution in [0.5, 0.6) is 0 Å². The lowest BCUT2D eigenvalue weighted by Gasteiger charge is -2.28. The summed E-state index contributed by atoms with van der Waals surface area (Å²) >= 11 is 0. The number of hydrogen-bond acceptors (Lipinski definition) is 6. The number of rotatable bonds is 5. The van der Waals surface area contributed by atoms with E-state index in [9.17, 15) is 4.79 Å².